The molecule has 8 atom stereocenters. The molecule has 11 rings (SSSR count). The lowest BCUT2D eigenvalue weighted by atomic mass is 9.52. The second-order valence-electron chi connectivity index (χ2n) is 15.8. The Bertz CT molecular complexity index is 2250. The minimum Gasteiger partial charge on any atom is -0.390 e. The van der Waals surface area contributed by atoms with Crippen molar-refractivity contribution in [3.63, 3.8) is 0 Å². The van der Waals surface area contributed by atoms with Crippen LogP contribution in [-0.2, 0) is 0 Å². The summed E-state index contributed by atoms with van der Waals surface area (Å²) in [6.45, 7) is -0.585. The number of amides is 1. The van der Waals surface area contributed by atoms with E-state index < -0.39 is 23.9 Å². The standard InChI is InChI=1S/C20H20N8O.C18H22N4O3/c21-9-11-1-4-16(24-10-11)28-13-2-3-14(28)8-12(7-13)25-17-15-5-6-23-20(15)27-26-18(17)19(22)29;23-8-13(24)16-15(12-1-2-19-17(12)22-21-16)20-14-10-3-9-4-11(14)7-18(25,5-9)6-10/h1,4-6,10,12-14H,2-3,7-8H2,(H2,22,29)(H2,23,25,27);1-2,9-11,14,23,25H,3-8H2,(H2,19,20,22)/t12?,13-,14+;9?,10-,11+,14?,18?. The van der Waals surface area contributed by atoms with Crippen molar-refractivity contribution in [3.8, 4) is 6.07 Å². The molecule has 0 spiro atoms. The Morgan fingerprint density at radius 1 is 0.889 bits per heavy atom. The minimum atomic E-state index is -0.592. The van der Waals surface area contributed by atoms with Gasteiger partial charge in [0.2, 0.25) is 5.78 Å². The van der Waals surface area contributed by atoms with E-state index in [2.05, 4.69) is 56.9 Å². The molecule has 6 aliphatic rings. The lowest BCUT2D eigenvalue weighted by molar-refractivity contribution is -0.129. The van der Waals surface area contributed by atoms with Crippen molar-refractivity contribution >= 4 is 50.9 Å². The number of H-pyrrole nitrogens is 2. The Balaban J connectivity index is 0.000000144. The summed E-state index contributed by atoms with van der Waals surface area (Å²) in [4.78, 5) is 37.0. The van der Waals surface area contributed by atoms with Crippen molar-refractivity contribution in [1.82, 2.24) is 35.3 Å². The van der Waals surface area contributed by atoms with Crippen molar-refractivity contribution < 1.29 is 19.8 Å². The van der Waals surface area contributed by atoms with Gasteiger partial charge in [-0.25, -0.2) is 4.98 Å². The third-order valence-corrected chi connectivity index (χ3v) is 12.4. The van der Waals surface area contributed by atoms with E-state index in [0.717, 1.165) is 74.4 Å². The number of nitrogens with zero attached hydrogens (tertiary/aromatic N) is 7. The van der Waals surface area contributed by atoms with Crippen molar-refractivity contribution in [2.75, 3.05) is 22.1 Å². The van der Waals surface area contributed by atoms with Gasteiger partial charge in [0.15, 0.2) is 22.7 Å². The van der Waals surface area contributed by atoms with Crippen molar-refractivity contribution in [2.24, 2.45) is 23.5 Å². The first kappa shape index (κ1) is 34.1. The van der Waals surface area contributed by atoms with E-state index in [1.807, 2.05) is 24.3 Å². The van der Waals surface area contributed by atoms with Gasteiger partial charge in [-0.2, -0.15) is 5.26 Å². The molecular formula is C38H42N12O4. The number of fused-ring (bicyclic) bond motifs is 4. The molecule has 6 bridgehead atoms. The Morgan fingerprint density at radius 3 is 2.07 bits per heavy atom. The third kappa shape index (κ3) is 5.97. The predicted octanol–water partition coefficient (Wildman–Crippen LogP) is 3.42. The normalized spacial score (nSPS) is 29.1. The van der Waals surface area contributed by atoms with Gasteiger partial charge in [-0.3, -0.25) is 9.59 Å². The molecule has 0 aromatic carbocycles. The van der Waals surface area contributed by atoms with E-state index in [4.69, 9.17) is 11.0 Å². The molecule has 5 aromatic rings. The highest BCUT2D eigenvalue weighted by molar-refractivity contribution is 6.06. The molecule has 8 N–H and O–H groups in total. The molecular weight excluding hydrogens is 688 g/mol. The average molecular weight is 731 g/mol. The summed E-state index contributed by atoms with van der Waals surface area (Å²) in [5.41, 5.74) is 8.54. The van der Waals surface area contributed by atoms with Gasteiger partial charge in [0.25, 0.3) is 5.91 Å². The van der Waals surface area contributed by atoms with E-state index >= 15 is 0 Å². The molecule has 5 aromatic heterocycles. The number of aromatic nitrogens is 7. The van der Waals surface area contributed by atoms with Gasteiger partial charge < -0.3 is 41.4 Å². The predicted molar refractivity (Wildman–Crippen MR) is 199 cm³/mol. The number of piperidine rings is 1. The number of hydrogen-bond donors (Lipinski definition) is 7. The Labute approximate surface area is 310 Å². The molecule has 2 aliphatic heterocycles. The van der Waals surface area contributed by atoms with Gasteiger partial charge in [0, 0.05) is 53.5 Å². The fourth-order valence-corrected chi connectivity index (χ4v) is 10.4. The van der Waals surface area contributed by atoms with Crippen LogP contribution >= 0.6 is 0 Å². The number of hydrogen-bond acceptors (Lipinski definition) is 13. The topological polar surface area (TPSA) is 248 Å². The second-order valence-corrected chi connectivity index (χ2v) is 15.8. The number of rotatable bonds is 8. The molecule has 278 valence electrons. The van der Waals surface area contributed by atoms with Crippen molar-refractivity contribution in [1.29, 1.82) is 5.26 Å². The molecule has 4 aliphatic carbocycles. The molecule has 2 saturated heterocycles. The monoisotopic (exact) mass is 730 g/mol. The van der Waals surface area contributed by atoms with Gasteiger partial charge in [-0.1, -0.05) is 0 Å². The number of pyridine rings is 1. The summed E-state index contributed by atoms with van der Waals surface area (Å²) < 4.78 is 0. The lowest BCUT2D eigenvalue weighted by Crippen LogP contribution is -2.59. The summed E-state index contributed by atoms with van der Waals surface area (Å²) in [6.07, 6.45) is 14.1. The molecule has 1 amide bonds. The highest BCUT2D eigenvalue weighted by Gasteiger charge is 2.55. The number of carbonyl (C=O) groups excluding carboxylic acids is 2. The number of aliphatic hydroxyl groups excluding tert-OH is 1. The number of primary amides is 1. The van der Waals surface area contributed by atoms with E-state index in [0.29, 0.717) is 58.1 Å². The van der Waals surface area contributed by atoms with Crippen molar-refractivity contribution in [3.05, 3.63) is 59.8 Å². The van der Waals surface area contributed by atoms with Crippen LogP contribution in [0, 0.1) is 29.1 Å². The molecule has 7 heterocycles. The Hall–Kier alpha value is -5.66. The highest BCUT2D eigenvalue weighted by atomic mass is 16.3. The first-order valence-electron chi connectivity index (χ1n) is 18.7. The number of aromatic amines is 2. The zero-order valence-corrected chi connectivity index (χ0v) is 29.6. The highest BCUT2D eigenvalue weighted by Crippen LogP contribution is 2.56. The summed E-state index contributed by atoms with van der Waals surface area (Å²) in [5, 5.41) is 54.0. The minimum absolute atomic E-state index is 0.167. The van der Waals surface area contributed by atoms with Crippen LogP contribution in [0.3, 0.4) is 0 Å². The summed E-state index contributed by atoms with van der Waals surface area (Å²) >= 11 is 0. The fourth-order valence-electron chi connectivity index (χ4n) is 10.4. The molecule has 54 heavy (non-hydrogen) atoms. The zero-order chi connectivity index (χ0) is 37.1. The maximum Gasteiger partial charge on any atom is 0.271 e. The molecule has 4 unspecified atom stereocenters. The van der Waals surface area contributed by atoms with Gasteiger partial charge in [0.05, 0.1) is 22.5 Å². The fraction of sp³-hybridized carbons (Fsp3) is 0.474. The van der Waals surface area contributed by atoms with Gasteiger partial charge in [0.1, 0.15) is 18.5 Å². The van der Waals surface area contributed by atoms with Crippen LogP contribution in [0.1, 0.15) is 84.3 Å². The maximum absolute atomic E-state index is 12.2. The molecule has 0 radical (unpaired) electrons. The molecule has 4 saturated carbocycles. The van der Waals surface area contributed by atoms with Crippen LogP contribution < -0.4 is 21.3 Å². The molecule has 16 heteroatoms. The Kier molecular flexibility index (Phi) is 8.42. The SMILES string of the molecule is N#Cc1ccc(N2[C@@H]3CC[C@H]2CC(Nc2c(C(N)=O)nnc4[nH]ccc24)C3)nc1.O=C(CO)c1nnc2[nH]ccc2c1NC1[C@@H]2CC3C[C@H]1CC(O)(C3)C2. The quantitative estimate of drug-likeness (QED) is 0.113. The van der Waals surface area contributed by atoms with Gasteiger partial charge in [-0.05, 0) is 99.8 Å². The smallest absolute Gasteiger partial charge is 0.271 e. The van der Waals surface area contributed by atoms with Crippen LogP contribution in [0.2, 0.25) is 0 Å². The second kappa shape index (κ2) is 13.3. The lowest BCUT2D eigenvalue weighted by Gasteiger charge is -2.58. The van der Waals surface area contributed by atoms with E-state index in [1.54, 1.807) is 18.6 Å². The maximum atomic E-state index is 12.2. The number of Topliss-reactive ketones (excluding diaryl/α,β-unsaturated/α-hetero) is 1. The summed E-state index contributed by atoms with van der Waals surface area (Å²) in [6, 6.07) is 10.8. The number of nitriles is 1. The summed E-state index contributed by atoms with van der Waals surface area (Å²) in [7, 11) is 0. The number of aliphatic hydroxyl groups is 2. The van der Waals surface area contributed by atoms with E-state index in [-0.39, 0.29) is 23.5 Å². The van der Waals surface area contributed by atoms with Crippen molar-refractivity contribution in [2.45, 2.75) is 87.6 Å². The number of nitrogens with one attached hydrogen (secondary N) is 4. The number of nitrogens with two attached hydrogens (primary N) is 1. The average Bonchev–Trinajstić information content (AvgIpc) is 3.91. The largest absolute Gasteiger partial charge is 0.390 e. The van der Waals surface area contributed by atoms with E-state index in [9.17, 15) is 19.8 Å². The first-order valence-corrected chi connectivity index (χ1v) is 18.7. The van der Waals surface area contributed by atoms with Crippen LogP contribution in [0.25, 0.3) is 22.1 Å². The van der Waals surface area contributed by atoms with Crippen LogP contribution in [0.4, 0.5) is 17.2 Å². The zero-order valence-electron chi connectivity index (χ0n) is 29.6. The Morgan fingerprint density at radius 2 is 1.52 bits per heavy atom. The van der Waals surface area contributed by atoms with E-state index in [1.165, 1.54) is 0 Å². The first-order chi connectivity index (χ1) is 26.2. The number of anilines is 3. The van der Waals surface area contributed by atoms with Gasteiger partial charge >= 0.3 is 0 Å². The number of ketones is 1. The molecule has 6 fully saturated rings. The molecule has 16 nitrogen and oxygen atoms in total. The third-order valence-electron chi connectivity index (χ3n) is 12.4. The summed E-state index contributed by atoms with van der Waals surface area (Å²) in [5.74, 6) is 1.35. The van der Waals surface area contributed by atoms with Crippen LogP contribution in [0.15, 0.2) is 42.9 Å². The van der Waals surface area contributed by atoms with Crippen LogP contribution in [-0.4, -0.2) is 93.6 Å². The van der Waals surface area contributed by atoms with Gasteiger partial charge in [-0.15, -0.1) is 20.4 Å². The number of carbonyl (C=O) groups is 2. The van der Waals surface area contributed by atoms with Crippen LogP contribution in [0.5, 0.6) is 0 Å².